The highest BCUT2D eigenvalue weighted by atomic mass is 79.9. The van der Waals surface area contributed by atoms with Crippen LogP contribution in [0.5, 0.6) is 5.75 Å². The predicted molar refractivity (Wildman–Crippen MR) is 77.8 cm³/mol. The molecular formula is C14H21BrN2O. The molecule has 0 amide bonds. The van der Waals surface area contributed by atoms with Crippen molar-refractivity contribution < 1.29 is 5.11 Å². The van der Waals surface area contributed by atoms with Crippen LogP contribution in [0.1, 0.15) is 25.3 Å². The van der Waals surface area contributed by atoms with Gasteiger partial charge in [-0.15, -0.1) is 0 Å². The average Bonchev–Trinajstić information content (AvgIpc) is 2.41. The molecule has 1 heterocycles. The van der Waals surface area contributed by atoms with Crippen molar-refractivity contribution in [2.45, 2.75) is 32.4 Å². The van der Waals surface area contributed by atoms with Gasteiger partial charge in [0.05, 0.1) is 0 Å². The molecule has 3 nitrogen and oxygen atoms in total. The number of rotatable bonds is 4. The van der Waals surface area contributed by atoms with E-state index in [1.54, 1.807) is 6.07 Å². The van der Waals surface area contributed by atoms with E-state index in [-0.39, 0.29) is 0 Å². The first-order valence-electron chi connectivity index (χ1n) is 6.63. The number of benzene rings is 1. The van der Waals surface area contributed by atoms with Crippen LogP contribution in [0.3, 0.4) is 0 Å². The maximum Gasteiger partial charge on any atom is 0.120 e. The molecular weight excluding hydrogens is 292 g/mol. The van der Waals surface area contributed by atoms with Gasteiger partial charge in [-0.05, 0) is 44.1 Å². The lowest BCUT2D eigenvalue weighted by Gasteiger charge is -2.34. The van der Waals surface area contributed by atoms with Crippen molar-refractivity contribution in [1.29, 1.82) is 0 Å². The summed E-state index contributed by atoms with van der Waals surface area (Å²) in [7, 11) is 0. The first kappa shape index (κ1) is 13.8. The van der Waals surface area contributed by atoms with Crippen LogP contribution in [0.25, 0.3) is 0 Å². The Balaban J connectivity index is 2.06. The number of halogens is 1. The SMILES string of the molecule is CCN(Cc1cc(Br)ccc1O)C1CCCNC1. The molecule has 1 saturated heterocycles. The first-order chi connectivity index (χ1) is 8.70. The molecule has 0 radical (unpaired) electrons. The zero-order chi connectivity index (χ0) is 13.0. The normalized spacial score (nSPS) is 20.3. The van der Waals surface area contributed by atoms with Crippen molar-refractivity contribution in [3.63, 3.8) is 0 Å². The van der Waals surface area contributed by atoms with Crippen LogP contribution in [0, 0.1) is 0 Å². The fraction of sp³-hybridized carbons (Fsp3) is 0.571. The highest BCUT2D eigenvalue weighted by Crippen LogP contribution is 2.24. The van der Waals surface area contributed by atoms with Gasteiger partial charge in [-0.1, -0.05) is 22.9 Å². The molecule has 1 aromatic rings. The Labute approximate surface area is 117 Å². The van der Waals surface area contributed by atoms with Gasteiger partial charge in [0.1, 0.15) is 5.75 Å². The van der Waals surface area contributed by atoms with Gasteiger partial charge >= 0.3 is 0 Å². The van der Waals surface area contributed by atoms with Crippen molar-refractivity contribution in [2.24, 2.45) is 0 Å². The lowest BCUT2D eigenvalue weighted by atomic mass is 10.0. The molecule has 0 aromatic heterocycles. The predicted octanol–water partition coefficient (Wildman–Crippen LogP) is 2.73. The van der Waals surface area contributed by atoms with Crippen LogP contribution in [0.2, 0.25) is 0 Å². The van der Waals surface area contributed by atoms with E-state index in [2.05, 4.69) is 33.1 Å². The van der Waals surface area contributed by atoms with E-state index >= 15 is 0 Å². The third kappa shape index (κ3) is 3.46. The van der Waals surface area contributed by atoms with E-state index in [1.165, 1.54) is 12.8 Å². The molecule has 0 aliphatic carbocycles. The zero-order valence-electron chi connectivity index (χ0n) is 10.8. The van der Waals surface area contributed by atoms with Crippen LogP contribution in [-0.2, 0) is 6.54 Å². The lowest BCUT2D eigenvalue weighted by Crippen LogP contribution is -2.45. The van der Waals surface area contributed by atoms with Crippen molar-refractivity contribution >= 4 is 15.9 Å². The fourth-order valence-electron chi connectivity index (χ4n) is 2.54. The van der Waals surface area contributed by atoms with Gasteiger partial charge in [0.25, 0.3) is 0 Å². The Morgan fingerprint density at radius 2 is 2.33 bits per heavy atom. The molecule has 1 aromatic carbocycles. The third-order valence-corrected chi connectivity index (χ3v) is 4.10. The number of nitrogens with zero attached hydrogens (tertiary/aromatic N) is 1. The molecule has 2 rings (SSSR count). The van der Waals surface area contributed by atoms with E-state index in [4.69, 9.17) is 0 Å². The molecule has 1 aliphatic heterocycles. The minimum atomic E-state index is 0.389. The quantitative estimate of drug-likeness (QED) is 0.897. The topological polar surface area (TPSA) is 35.5 Å². The van der Waals surface area contributed by atoms with Crippen LogP contribution in [-0.4, -0.2) is 35.7 Å². The Morgan fingerprint density at radius 3 is 3.00 bits per heavy atom. The first-order valence-corrected chi connectivity index (χ1v) is 7.42. The Morgan fingerprint density at radius 1 is 1.50 bits per heavy atom. The number of phenols is 1. The van der Waals surface area contributed by atoms with Crippen molar-refractivity contribution in [2.75, 3.05) is 19.6 Å². The van der Waals surface area contributed by atoms with E-state index in [0.717, 1.165) is 36.2 Å². The number of hydrogen-bond donors (Lipinski definition) is 2. The summed E-state index contributed by atoms with van der Waals surface area (Å²) in [5, 5.41) is 13.4. The van der Waals surface area contributed by atoms with Crippen molar-refractivity contribution in [1.82, 2.24) is 10.2 Å². The molecule has 2 N–H and O–H groups in total. The second kappa shape index (κ2) is 6.55. The Kier molecular flexibility index (Phi) is 5.03. The van der Waals surface area contributed by atoms with Crippen LogP contribution < -0.4 is 5.32 Å². The van der Waals surface area contributed by atoms with Gasteiger partial charge in [-0.2, -0.15) is 0 Å². The summed E-state index contributed by atoms with van der Waals surface area (Å²) < 4.78 is 1.02. The molecule has 1 atom stereocenters. The standard InChI is InChI=1S/C14H21BrN2O/c1-2-17(13-4-3-7-16-9-13)10-11-8-12(15)5-6-14(11)18/h5-6,8,13,16,18H,2-4,7,9-10H2,1H3. The molecule has 100 valence electrons. The third-order valence-electron chi connectivity index (χ3n) is 3.61. The second-order valence-electron chi connectivity index (χ2n) is 4.84. The number of likely N-dealkylation sites (N-methyl/N-ethyl adjacent to an activating group) is 1. The summed E-state index contributed by atoms with van der Waals surface area (Å²) in [5.41, 5.74) is 0.997. The summed E-state index contributed by atoms with van der Waals surface area (Å²) in [6, 6.07) is 6.22. The summed E-state index contributed by atoms with van der Waals surface area (Å²) in [6.07, 6.45) is 2.49. The summed E-state index contributed by atoms with van der Waals surface area (Å²) >= 11 is 3.46. The smallest absolute Gasteiger partial charge is 0.120 e. The largest absolute Gasteiger partial charge is 0.508 e. The molecule has 0 bridgehead atoms. The van der Waals surface area contributed by atoms with Gasteiger partial charge < -0.3 is 10.4 Å². The van der Waals surface area contributed by atoms with Crippen LogP contribution in [0.4, 0.5) is 0 Å². The number of hydrogen-bond acceptors (Lipinski definition) is 3. The molecule has 0 saturated carbocycles. The highest BCUT2D eigenvalue weighted by Gasteiger charge is 2.20. The minimum absolute atomic E-state index is 0.389. The van der Waals surface area contributed by atoms with Gasteiger partial charge in [-0.25, -0.2) is 0 Å². The number of nitrogens with one attached hydrogen (secondary N) is 1. The van der Waals surface area contributed by atoms with Gasteiger partial charge in [0.2, 0.25) is 0 Å². The summed E-state index contributed by atoms with van der Waals surface area (Å²) in [6.45, 7) is 6.20. The molecule has 4 heteroatoms. The van der Waals surface area contributed by atoms with Gasteiger partial charge in [-0.3, -0.25) is 4.90 Å². The lowest BCUT2D eigenvalue weighted by molar-refractivity contribution is 0.164. The molecule has 1 aliphatic rings. The molecule has 1 unspecified atom stereocenters. The van der Waals surface area contributed by atoms with Gasteiger partial charge in [0, 0.05) is 29.2 Å². The Bertz CT molecular complexity index is 391. The van der Waals surface area contributed by atoms with Gasteiger partial charge in [0.15, 0.2) is 0 Å². The van der Waals surface area contributed by atoms with Crippen LogP contribution >= 0.6 is 15.9 Å². The summed E-state index contributed by atoms with van der Waals surface area (Å²) in [4.78, 5) is 2.44. The second-order valence-corrected chi connectivity index (χ2v) is 5.75. The van der Waals surface area contributed by atoms with E-state index in [0.29, 0.717) is 11.8 Å². The van der Waals surface area contributed by atoms with E-state index in [1.807, 2.05) is 12.1 Å². The van der Waals surface area contributed by atoms with E-state index in [9.17, 15) is 5.11 Å². The molecule has 18 heavy (non-hydrogen) atoms. The molecule has 1 fully saturated rings. The average molecular weight is 313 g/mol. The van der Waals surface area contributed by atoms with Crippen LogP contribution in [0.15, 0.2) is 22.7 Å². The fourth-order valence-corrected chi connectivity index (χ4v) is 2.95. The Hall–Kier alpha value is -0.580. The number of phenolic OH excluding ortho intramolecular Hbond substituents is 1. The highest BCUT2D eigenvalue weighted by molar-refractivity contribution is 9.10. The monoisotopic (exact) mass is 312 g/mol. The zero-order valence-corrected chi connectivity index (χ0v) is 12.4. The van der Waals surface area contributed by atoms with Crippen molar-refractivity contribution in [3.8, 4) is 5.75 Å². The van der Waals surface area contributed by atoms with E-state index < -0.39 is 0 Å². The minimum Gasteiger partial charge on any atom is -0.508 e. The number of piperidine rings is 1. The maximum atomic E-state index is 9.91. The number of aromatic hydroxyl groups is 1. The molecule has 0 spiro atoms. The summed E-state index contributed by atoms with van der Waals surface area (Å²) in [5.74, 6) is 0.389. The van der Waals surface area contributed by atoms with Crippen molar-refractivity contribution in [3.05, 3.63) is 28.2 Å². The maximum absolute atomic E-state index is 9.91.